The Kier molecular flexibility index (Phi) is 6.48. The summed E-state index contributed by atoms with van der Waals surface area (Å²) in [5.74, 6) is 5.17. The second-order valence-electron chi connectivity index (χ2n) is 9.00. The van der Waals surface area contributed by atoms with E-state index in [0.29, 0.717) is 34.6 Å². The van der Waals surface area contributed by atoms with Crippen LogP contribution in [0.25, 0.3) is 0 Å². The summed E-state index contributed by atoms with van der Waals surface area (Å²) >= 11 is 0. The lowest BCUT2D eigenvalue weighted by atomic mass is 9.76. The van der Waals surface area contributed by atoms with Gasteiger partial charge in [-0.15, -0.1) is 0 Å². The van der Waals surface area contributed by atoms with E-state index in [1.807, 2.05) is 19.1 Å². The van der Waals surface area contributed by atoms with Gasteiger partial charge in [-0.1, -0.05) is 31.5 Å². The maximum absolute atomic E-state index is 15.6. The first kappa shape index (κ1) is 22.9. The molecule has 0 unspecified atom stereocenters. The number of amides is 2. The minimum atomic E-state index is -1.53. The predicted octanol–water partition coefficient (Wildman–Crippen LogP) is 4.09. The van der Waals surface area contributed by atoms with Crippen molar-refractivity contribution in [2.75, 3.05) is 13.1 Å². The molecule has 4 rings (SSSR count). The second kappa shape index (κ2) is 9.32. The third kappa shape index (κ3) is 4.36. The summed E-state index contributed by atoms with van der Waals surface area (Å²) in [6.07, 6.45) is 4.22. The summed E-state index contributed by atoms with van der Waals surface area (Å²) in [5.41, 5.74) is 4.51. The highest BCUT2D eigenvalue weighted by Crippen LogP contribution is 2.40. The van der Waals surface area contributed by atoms with Crippen molar-refractivity contribution in [1.29, 1.82) is 5.26 Å². The summed E-state index contributed by atoms with van der Waals surface area (Å²) in [6, 6.07) is 12.3. The molecule has 6 nitrogen and oxygen atoms in total. The van der Waals surface area contributed by atoms with E-state index in [0.717, 1.165) is 30.4 Å². The molecule has 2 aromatic carbocycles. The average Bonchev–Trinajstić information content (AvgIpc) is 2.82. The fourth-order valence-corrected chi connectivity index (χ4v) is 4.85. The number of carbonyl (C=O) groups is 2. The Morgan fingerprint density at radius 3 is 2.36 bits per heavy atom. The molecule has 2 fully saturated rings. The van der Waals surface area contributed by atoms with Gasteiger partial charge >= 0.3 is 0 Å². The van der Waals surface area contributed by atoms with Gasteiger partial charge in [0.1, 0.15) is 5.67 Å². The quantitative estimate of drug-likeness (QED) is 0.409. The van der Waals surface area contributed by atoms with Crippen LogP contribution in [-0.2, 0) is 12.1 Å². The highest BCUT2D eigenvalue weighted by Gasteiger charge is 2.38. The lowest BCUT2D eigenvalue weighted by Crippen LogP contribution is -2.43. The van der Waals surface area contributed by atoms with E-state index in [-0.39, 0.29) is 31.8 Å². The first-order valence-electron chi connectivity index (χ1n) is 11.6. The molecule has 1 saturated carbocycles. The molecule has 0 aromatic heterocycles. The average molecular weight is 449 g/mol. The number of aryl methyl sites for hydroxylation is 1. The zero-order valence-corrected chi connectivity index (χ0v) is 18.9. The van der Waals surface area contributed by atoms with E-state index in [2.05, 4.69) is 5.43 Å². The third-order valence-corrected chi connectivity index (χ3v) is 7.18. The smallest absolute Gasteiger partial charge is 0.265 e. The molecule has 1 heterocycles. The monoisotopic (exact) mass is 448 g/mol. The summed E-state index contributed by atoms with van der Waals surface area (Å²) in [4.78, 5) is 27.6. The number of rotatable bonds is 5. The summed E-state index contributed by atoms with van der Waals surface area (Å²) in [7, 11) is 0. The number of halogens is 1. The molecule has 0 bridgehead atoms. The van der Waals surface area contributed by atoms with Crippen LogP contribution in [0.1, 0.15) is 87.9 Å². The number of piperidine rings is 1. The highest BCUT2D eigenvalue weighted by molar-refractivity contribution is 6.01. The molecule has 1 aliphatic carbocycles. The van der Waals surface area contributed by atoms with Crippen LogP contribution in [0.2, 0.25) is 0 Å². The number of likely N-dealkylation sites (tertiary alicyclic amines) is 1. The molecule has 0 radical (unpaired) electrons. The molecule has 172 valence electrons. The zero-order chi connectivity index (χ0) is 23.6. The van der Waals surface area contributed by atoms with Crippen LogP contribution in [0.3, 0.4) is 0 Å². The van der Waals surface area contributed by atoms with Crippen LogP contribution in [0.4, 0.5) is 4.39 Å². The van der Waals surface area contributed by atoms with Crippen molar-refractivity contribution >= 4 is 11.8 Å². The SMILES string of the molecule is CCc1cc(C2CCC2)c(C(=O)NN)cc1C(=O)N1CCC(F)(c2ccc(C#N)cc2)CC1. The number of hydrogen-bond donors (Lipinski definition) is 2. The standard InChI is InChI=1S/C26H29FN4O2/c1-2-18-14-21(19-4-3-5-19)23(24(32)30-29)15-22(18)25(33)31-12-10-26(27,11-13-31)20-8-6-17(16-28)7-9-20/h6-9,14-15,19H,2-5,10-13,29H2,1H3,(H,30,32). The number of hydrogen-bond acceptors (Lipinski definition) is 4. The Morgan fingerprint density at radius 2 is 1.85 bits per heavy atom. The van der Waals surface area contributed by atoms with Gasteiger partial charge in [-0.3, -0.25) is 15.0 Å². The summed E-state index contributed by atoms with van der Waals surface area (Å²) in [6.45, 7) is 2.55. The number of nitrogens with one attached hydrogen (secondary N) is 1. The van der Waals surface area contributed by atoms with Crippen molar-refractivity contribution in [3.63, 3.8) is 0 Å². The molecule has 7 heteroatoms. The topological polar surface area (TPSA) is 99.2 Å². The Hall–Kier alpha value is -3.24. The van der Waals surface area contributed by atoms with Crippen LogP contribution >= 0.6 is 0 Å². The summed E-state index contributed by atoms with van der Waals surface area (Å²) < 4.78 is 15.6. The van der Waals surface area contributed by atoms with Gasteiger partial charge in [-0.25, -0.2) is 10.2 Å². The van der Waals surface area contributed by atoms with Crippen LogP contribution in [0, 0.1) is 11.3 Å². The molecule has 2 aromatic rings. The minimum absolute atomic E-state index is 0.181. The molecule has 2 aliphatic rings. The Balaban J connectivity index is 1.56. The van der Waals surface area contributed by atoms with Gasteiger partial charge in [-0.2, -0.15) is 5.26 Å². The zero-order valence-electron chi connectivity index (χ0n) is 18.9. The second-order valence-corrected chi connectivity index (χ2v) is 9.00. The number of nitriles is 1. The minimum Gasteiger partial charge on any atom is -0.338 e. The van der Waals surface area contributed by atoms with E-state index < -0.39 is 11.6 Å². The predicted molar refractivity (Wildman–Crippen MR) is 123 cm³/mol. The van der Waals surface area contributed by atoms with Crippen molar-refractivity contribution in [3.8, 4) is 6.07 Å². The number of hydrazine groups is 1. The molecule has 1 saturated heterocycles. The number of nitrogen functional groups attached to an aromatic ring is 1. The van der Waals surface area contributed by atoms with Gasteiger partial charge in [0, 0.05) is 37.1 Å². The molecule has 33 heavy (non-hydrogen) atoms. The van der Waals surface area contributed by atoms with E-state index >= 15 is 4.39 Å². The van der Waals surface area contributed by atoms with Crippen LogP contribution in [0.5, 0.6) is 0 Å². The molecule has 0 spiro atoms. The number of benzene rings is 2. The van der Waals surface area contributed by atoms with E-state index in [1.54, 1.807) is 35.2 Å². The molecular formula is C26H29FN4O2. The maximum Gasteiger partial charge on any atom is 0.265 e. The number of nitrogens with zero attached hydrogens (tertiary/aromatic N) is 2. The van der Waals surface area contributed by atoms with Gasteiger partial charge in [-0.05, 0) is 60.1 Å². The van der Waals surface area contributed by atoms with Gasteiger partial charge in [0.15, 0.2) is 0 Å². The molecule has 1 aliphatic heterocycles. The van der Waals surface area contributed by atoms with Gasteiger partial charge in [0.2, 0.25) is 0 Å². The van der Waals surface area contributed by atoms with E-state index in [4.69, 9.17) is 11.1 Å². The molecular weight excluding hydrogens is 419 g/mol. The Morgan fingerprint density at radius 1 is 1.18 bits per heavy atom. The first-order valence-corrected chi connectivity index (χ1v) is 11.6. The fourth-order valence-electron chi connectivity index (χ4n) is 4.85. The van der Waals surface area contributed by atoms with E-state index in [9.17, 15) is 9.59 Å². The van der Waals surface area contributed by atoms with Gasteiger partial charge < -0.3 is 4.90 Å². The Labute approximate surface area is 193 Å². The van der Waals surface area contributed by atoms with Crippen LogP contribution < -0.4 is 11.3 Å². The lowest BCUT2D eigenvalue weighted by molar-refractivity contribution is 0.0420. The van der Waals surface area contributed by atoms with Gasteiger partial charge in [0.25, 0.3) is 11.8 Å². The number of alkyl halides is 1. The molecule has 0 atom stereocenters. The van der Waals surface area contributed by atoms with Crippen LogP contribution in [-0.4, -0.2) is 29.8 Å². The molecule has 2 amide bonds. The normalized spacial score (nSPS) is 17.7. The lowest BCUT2D eigenvalue weighted by Gasteiger charge is -2.37. The highest BCUT2D eigenvalue weighted by atomic mass is 19.1. The van der Waals surface area contributed by atoms with E-state index in [1.165, 1.54) is 0 Å². The van der Waals surface area contributed by atoms with Crippen molar-refractivity contribution in [2.24, 2.45) is 5.84 Å². The van der Waals surface area contributed by atoms with Crippen molar-refractivity contribution in [2.45, 2.75) is 57.0 Å². The molecule has 3 N–H and O–H groups in total. The fraction of sp³-hybridized carbons (Fsp3) is 0.423. The number of nitrogens with two attached hydrogens (primary N) is 1. The summed E-state index contributed by atoms with van der Waals surface area (Å²) in [5, 5.41) is 8.96. The van der Waals surface area contributed by atoms with Crippen LogP contribution in [0.15, 0.2) is 36.4 Å². The van der Waals surface area contributed by atoms with Crippen molar-refractivity contribution in [1.82, 2.24) is 10.3 Å². The number of carbonyl (C=O) groups excluding carboxylic acids is 2. The third-order valence-electron chi connectivity index (χ3n) is 7.18. The largest absolute Gasteiger partial charge is 0.338 e. The maximum atomic E-state index is 15.6. The first-order chi connectivity index (χ1) is 15.9. The van der Waals surface area contributed by atoms with Crippen molar-refractivity contribution in [3.05, 3.63) is 69.8 Å². The van der Waals surface area contributed by atoms with Gasteiger partial charge in [0.05, 0.1) is 11.6 Å². The van der Waals surface area contributed by atoms with Crippen molar-refractivity contribution < 1.29 is 14.0 Å². The Bertz CT molecular complexity index is 1090.